The van der Waals surface area contributed by atoms with Gasteiger partial charge in [0, 0.05) is 25.7 Å². The molecule has 0 saturated carbocycles. The minimum absolute atomic E-state index is 0.231. The van der Waals surface area contributed by atoms with E-state index in [0.717, 1.165) is 56.8 Å². The first kappa shape index (κ1) is 17.3. The van der Waals surface area contributed by atoms with Crippen LogP contribution in [0.1, 0.15) is 44.0 Å². The molecule has 3 rings (SSSR count). The maximum absolute atomic E-state index is 12.3. The van der Waals surface area contributed by atoms with Crippen molar-refractivity contribution in [3.8, 4) is 0 Å². The Kier molecular flexibility index (Phi) is 5.15. The monoisotopic (exact) mass is 332 g/mol. The zero-order valence-corrected chi connectivity index (χ0v) is 14.7. The SMILES string of the molecule is Cc1cnc(CN2CC3(CCC2=O)CCN(C[C@H](C)O)CC3)cn1. The van der Waals surface area contributed by atoms with Crippen molar-refractivity contribution >= 4 is 5.91 Å². The number of hydrogen-bond acceptors (Lipinski definition) is 5. The molecule has 1 spiro atoms. The van der Waals surface area contributed by atoms with E-state index in [9.17, 15) is 9.90 Å². The van der Waals surface area contributed by atoms with Gasteiger partial charge in [0.2, 0.25) is 5.91 Å². The van der Waals surface area contributed by atoms with Crippen molar-refractivity contribution in [1.29, 1.82) is 0 Å². The fourth-order valence-corrected chi connectivity index (χ4v) is 3.93. The molecule has 1 atom stereocenters. The lowest BCUT2D eigenvalue weighted by molar-refractivity contribution is -0.140. The largest absolute Gasteiger partial charge is 0.392 e. The molecule has 2 fully saturated rings. The molecule has 0 bridgehead atoms. The van der Waals surface area contributed by atoms with Crippen LogP contribution in [0.15, 0.2) is 12.4 Å². The van der Waals surface area contributed by atoms with Gasteiger partial charge in [-0.2, -0.15) is 0 Å². The predicted molar refractivity (Wildman–Crippen MR) is 91.2 cm³/mol. The van der Waals surface area contributed by atoms with Crippen LogP contribution >= 0.6 is 0 Å². The summed E-state index contributed by atoms with van der Waals surface area (Å²) in [4.78, 5) is 25.3. The van der Waals surface area contributed by atoms with E-state index < -0.39 is 0 Å². The van der Waals surface area contributed by atoms with Crippen LogP contribution in [0.2, 0.25) is 0 Å². The number of aryl methyl sites for hydroxylation is 1. The molecule has 6 heteroatoms. The van der Waals surface area contributed by atoms with Crippen LogP contribution in [-0.4, -0.2) is 63.1 Å². The lowest BCUT2D eigenvalue weighted by Gasteiger charge is -2.47. The van der Waals surface area contributed by atoms with Crippen molar-refractivity contribution in [1.82, 2.24) is 19.8 Å². The highest BCUT2D eigenvalue weighted by molar-refractivity contribution is 5.77. The van der Waals surface area contributed by atoms with Crippen LogP contribution in [0.3, 0.4) is 0 Å². The molecule has 0 radical (unpaired) electrons. The maximum Gasteiger partial charge on any atom is 0.222 e. The van der Waals surface area contributed by atoms with Crippen LogP contribution in [-0.2, 0) is 11.3 Å². The minimum Gasteiger partial charge on any atom is -0.392 e. The predicted octanol–water partition coefficient (Wildman–Crippen LogP) is 1.37. The lowest BCUT2D eigenvalue weighted by atomic mass is 9.72. The minimum atomic E-state index is -0.274. The van der Waals surface area contributed by atoms with Gasteiger partial charge in [-0.15, -0.1) is 0 Å². The average molecular weight is 332 g/mol. The van der Waals surface area contributed by atoms with Crippen LogP contribution in [0, 0.1) is 12.3 Å². The molecule has 0 aromatic carbocycles. The fourth-order valence-electron chi connectivity index (χ4n) is 3.93. The van der Waals surface area contributed by atoms with Crippen molar-refractivity contribution in [3.05, 3.63) is 23.8 Å². The van der Waals surface area contributed by atoms with Gasteiger partial charge in [-0.3, -0.25) is 14.8 Å². The second kappa shape index (κ2) is 7.15. The number of rotatable bonds is 4. The number of carbonyl (C=O) groups is 1. The molecule has 1 amide bonds. The third kappa shape index (κ3) is 4.11. The Morgan fingerprint density at radius 3 is 2.62 bits per heavy atom. The van der Waals surface area contributed by atoms with E-state index in [2.05, 4.69) is 14.9 Å². The summed E-state index contributed by atoms with van der Waals surface area (Å²) in [7, 11) is 0. The zero-order chi connectivity index (χ0) is 17.2. The number of likely N-dealkylation sites (tertiary alicyclic amines) is 2. The van der Waals surface area contributed by atoms with Gasteiger partial charge >= 0.3 is 0 Å². The van der Waals surface area contributed by atoms with E-state index in [1.807, 2.05) is 18.7 Å². The highest BCUT2D eigenvalue weighted by Crippen LogP contribution is 2.40. The summed E-state index contributed by atoms with van der Waals surface area (Å²) >= 11 is 0. The summed E-state index contributed by atoms with van der Waals surface area (Å²) in [6.07, 6.45) is 7.08. The second-order valence-electron chi connectivity index (χ2n) is 7.55. The molecule has 1 aromatic rings. The van der Waals surface area contributed by atoms with Gasteiger partial charge in [0.25, 0.3) is 0 Å². The number of aliphatic hydroxyl groups excluding tert-OH is 1. The van der Waals surface area contributed by atoms with Gasteiger partial charge in [0.1, 0.15) is 0 Å². The topological polar surface area (TPSA) is 69.6 Å². The summed E-state index contributed by atoms with van der Waals surface area (Å²) in [6, 6.07) is 0. The van der Waals surface area contributed by atoms with Gasteiger partial charge in [-0.1, -0.05) is 0 Å². The Hall–Kier alpha value is -1.53. The van der Waals surface area contributed by atoms with E-state index in [1.54, 1.807) is 12.4 Å². The Morgan fingerprint density at radius 1 is 1.25 bits per heavy atom. The number of β-amino-alcohol motifs (C(OH)–C–C–N with tert-alkyl or cyclic N) is 1. The molecule has 1 N–H and O–H groups in total. The third-order valence-corrected chi connectivity index (χ3v) is 5.37. The average Bonchev–Trinajstić information content (AvgIpc) is 2.55. The Labute approximate surface area is 143 Å². The third-order valence-electron chi connectivity index (χ3n) is 5.37. The molecule has 1 aromatic heterocycles. The van der Waals surface area contributed by atoms with Crippen molar-refractivity contribution in [2.75, 3.05) is 26.2 Å². The number of nitrogens with zero attached hydrogens (tertiary/aromatic N) is 4. The fraction of sp³-hybridized carbons (Fsp3) is 0.722. The van der Waals surface area contributed by atoms with E-state index in [4.69, 9.17) is 0 Å². The van der Waals surface area contributed by atoms with E-state index in [1.165, 1.54) is 0 Å². The van der Waals surface area contributed by atoms with Gasteiger partial charge in [0.05, 0.1) is 30.2 Å². The molecule has 6 nitrogen and oxygen atoms in total. The van der Waals surface area contributed by atoms with Crippen molar-refractivity contribution in [3.63, 3.8) is 0 Å². The van der Waals surface area contributed by atoms with Gasteiger partial charge < -0.3 is 14.9 Å². The lowest BCUT2D eigenvalue weighted by Crippen LogP contribution is -2.51. The number of piperidine rings is 2. The molecule has 2 aliphatic heterocycles. The van der Waals surface area contributed by atoms with E-state index in [0.29, 0.717) is 13.0 Å². The molecule has 0 unspecified atom stereocenters. The van der Waals surface area contributed by atoms with Crippen molar-refractivity contribution < 1.29 is 9.90 Å². The Balaban J connectivity index is 1.61. The van der Waals surface area contributed by atoms with E-state index >= 15 is 0 Å². The molecular weight excluding hydrogens is 304 g/mol. The molecule has 24 heavy (non-hydrogen) atoms. The van der Waals surface area contributed by atoms with E-state index in [-0.39, 0.29) is 17.4 Å². The van der Waals surface area contributed by atoms with Gasteiger partial charge in [0.15, 0.2) is 0 Å². The van der Waals surface area contributed by atoms with Crippen molar-refractivity contribution in [2.45, 2.75) is 52.2 Å². The molecule has 2 saturated heterocycles. The molecule has 0 aliphatic carbocycles. The summed E-state index contributed by atoms with van der Waals surface area (Å²) in [5.74, 6) is 0.231. The molecule has 132 valence electrons. The highest BCUT2D eigenvalue weighted by atomic mass is 16.3. The van der Waals surface area contributed by atoms with Crippen LogP contribution in [0.4, 0.5) is 0 Å². The number of carbonyl (C=O) groups excluding carboxylic acids is 1. The number of aliphatic hydroxyl groups is 1. The normalized spacial score (nSPS) is 22.8. The second-order valence-corrected chi connectivity index (χ2v) is 7.55. The first-order chi connectivity index (χ1) is 11.5. The number of aromatic nitrogens is 2. The van der Waals surface area contributed by atoms with Gasteiger partial charge in [-0.25, -0.2) is 0 Å². The Morgan fingerprint density at radius 2 is 2.00 bits per heavy atom. The first-order valence-electron chi connectivity index (χ1n) is 8.91. The molecular formula is C18H28N4O2. The zero-order valence-electron chi connectivity index (χ0n) is 14.7. The van der Waals surface area contributed by atoms with Crippen molar-refractivity contribution in [2.24, 2.45) is 5.41 Å². The van der Waals surface area contributed by atoms with Gasteiger partial charge in [-0.05, 0) is 51.6 Å². The summed E-state index contributed by atoms with van der Waals surface area (Å²) in [5.41, 5.74) is 1.99. The smallest absolute Gasteiger partial charge is 0.222 e. The van der Waals surface area contributed by atoms with Crippen LogP contribution in [0.5, 0.6) is 0 Å². The first-order valence-corrected chi connectivity index (χ1v) is 8.91. The highest BCUT2D eigenvalue weighted by Gasteiger charge is 2.41. The quantitative estimate of drug-likeness (QED) is 0.902. The van der Waals surface area contributed by atoms with Crippen LogP contribution in [0.25, 0.3) is 0 Å². The van der Waals surface area contributed by atoms with Crippen LogP contribution < -0.4 is 0 Å². The summed E-state index contributed by atoms with van der Waals surface area (Å²) < 4.78 is 0. The standard InChI is InChI=1S/C18H28N4O2/c1-14-9-20-16(10-19-14)12-22-13-18(4-3-17(22)24)5-7-21(8-6-18)11-15(2)23/h9-10,15,23H,3-8,11-13H2,1-2H3/t15-/m0/s1. The number of amides is 1. The molecule has 3 heterocycles. The molecule has 2 aliphatic rings. The number of hydrogen-bond donors (Lipinski definition) is 1. The maximum atomic E-state index is 12.3. The summed E-state index contributed by atoms with van der Waals surface area (Å²) in [6.45, 7) is 7.91. The summed E-state index contributed by atoms with van der Waals surface area (Å²) in [5, 5.41) is 9.56. The Bertz CT molecular complexity index is 565.